The molecular formula is C18H28N2O3S. The maximum atomic E-state index is 12.4. The Morgan fingerprint density at radius 2 is 2.08 bits per heavy atom. The summed E-state index contributed by atoms with van der Waals surface area (Å²) in [5, 5.41) is 3.02. The number of unbranched alkanes of at least 4 members (excludes halogenated alkanes) is 1. The summed E-state index contributed by atoms with van der Waals surface area (Å²) in [5.74, 6) is 0.439. The Labute approximate surface area is 145 Å². The van der Waals surface area contributed by atoms with Gasteiger partial charge in [-0.3, -0.25) is 9.10 Å². The number of sulfonamides is 1. The molecule has 1 aliphatic rings. The summed E-state index contributed by atoms with van der Waals surface area (Å²) in [7, 11) is -3.25. The van der Waals surface area contributed by atoms with Crippen LogP contribution in [0.5, 0.6) is 0 Å². The number of amides is 1. The van der Waals surface area contributed by atoms with Crippen molar-refractivity contribution in [3.63, 3.8) is 0 Å². The van der Waals surface area contributed by atoms with E-state index in [1.54, 1.807) is 12.1 Å². The van der Waals surface area contributed by atoms with E-state index in [0.717, 1.165) is 18.4 Å². The zero-order valence-electron chi connectivity index (χ0n) is 14.8. The predicted molar refractivity (Wildman–Crippen MR) is 98.0 cm³/mol. The Balaban J connectivity index is 2.02. The van der Waals surface area contributed by atoms with Crippen LogP contribution in [0.4, 0.5) is 5.69 Å². The second-order valence-electron chi connectivity index (χ2n) is 6.56. The molecule has 2 rings (SSSR count). The maximum Gasteiger partial charge on any atom is 0.251 e. The lowest BCUT2D eigenvalue weighted by Gasteiger charge is -2.17. The minimum absolute atomic E-state index is 0.0782. The van der Waals surface area contributed by atoms with Gasteiger partial charge < -0.3 is 5.32 Å². The number of carbonyl (C=O) groups is 1. The normalized spacial score (nSPS) is 15.2. The van der Waals surface area contributed by atoms with E-state index in [9.17, 15) is 13.2 Å². The third-order valence-electron chi connectivity index (χ3n) is 4.69. The first-order chi connectivity index (χ1) is 11.4. The molecule has 0 fully saturated rings. The van der Waals surface area contributed by atoms with Crippen LogP contribution in [0.3, 0.4) is 0 Å². The molecule has 5 nitrogen and oxygen atoms in total. The summed E-state index contributed by atoms with van der Waals surface area (Å²) in [4.78, 5) is 12.4. The fourth-order valence-corrected chi connectivity index (χ4v) is 4.10. The van der Waals surface area contributed by atoms with Crippen molar-refractivity contribution < 1.29 is 13.2 Å². The molecule has 1 aliphatic heterocycles. The number of anilines is 1. The van der Waals surface area contributed by atoms with Gasteiger partial charge in [0.1, 0.15) is 0 Å². The molecule has 0 radical (unpaired) electrons. The first-order valence-electron chi connectivity index (χ1n) is 8.75. The topological polar surface area (TPSA) is 66.5 Å². The number of hydrogen-bond donors (Lipinski definition) is 1. The van der Waals surface area contributed by atoms with Crippen LogP contribution in [0, 0.1) is 5.92 Å². The highest BCUT2D eigenvalue weighted by molar-refractivity contribution is 7.92. The van der Waals surface area contributed by atoms with Gasteiger partial charge in [-0.05, 0) is 42.5 Å². The van der Waals surface area contributed by atoms with Crippen molar-refractivity contribution in [2.24, 2.45) is 5.92 Å². The molecular weight excluding hydrogens is 324 g/mol. The highest BCUT2D eigenvalue weighted by Crippen LogP contribution is 2.30. The van der Waals surface area contributed by atoms with E-state index >= 15 is 0 Å². The summed E-state index contributed by atoms with van der Waals surface area (Å²) in [6.45, 7) is 5.48. The van der Waals surface area contributed by atoms with Crippen molar-refractivity contribution in [3.8, 4) is 0 Å². The van der Waals surface area contributed by atoms with E-state index < -0.39 is 10.0 Å². The number of nitrogens with one attached hydrogen (secondary N) is 1. The number of rotatable bonds is 8. The average molecular weight is 353 g/mol. The van der Waals surface area contributed by atoms with Gasteiger partial charge in [0.05, 0.1) is 11.9 Å². The Kier molecular flexibility index (Phi) is 6.27. The first kappa shape index (κ1) is 18.8. The second kappa shape index (κ2) is 8.01. The molecule has 1 amide bonds. The van der Waals surface area contributed by atoms with Crippen molar-refractivity contribution >= 4 is 21.6 Å². The largest absolute Gasteiger partial charge is 0.352 e. The van der Waals surface area contributed by atoms with Gasteiger partial charge in [0.2, 0.25) is 10.0 Å². The summed E-state index contributed by atoms with van der Waals surface area (Å²) >= 11 is 0. The molecule has 0 aromatic heterocycles. The molecule has 6 heteroatoms. The van der Waals surface area contributed by atoms with E-state index in [1.165, 1.54) is 23.4 Å². The SMILES string of the molecule is CCCCC(CC)CNC(=O)c1ccc2c(c1)CCN2S(C)(=O)=O. The molecule has 0 aliphatic carbocycles. The molecule has 0 bridgehead atoms. The number of nitrogens with zero attached hydrogens (tertiary/aromatic N) is 1. The lowest BCUT2D eigenvalue weighted by atomic mass is 9.99. The van der Waals surface area contributed by atoms with Gasteiger partial charge in [-0.1, -0.05) is 33.1 Å². The fourth-order valence-electron chi connectivity index (χ4n) is 3.14. The number of benzene rings is 1. The summed E-state index contributed by atoms with van der Waals surface area (Å²) < 4.78 is 24.9. The Morgan fingerprint density at radius 3 is 2.71 bits per heavy atom. The monoisotopic (exact) mass is 352 g/mol. The summed E-state index contributed by atoms with van der Waals surface area (Å²) in [6.07, 6.45) is 6.43. The van der Waals surface area contributed by atoms with Crippen LogP contribution in [0.1, 0.15) is 55.5 Å². The summed E-state index contributed by atoms with van der Waals surface area (Å²) in [6, 6.07) is 5.28. The molecule has 1 unspecified atom stereocenters. The van der Waals surface area contributed by atoms with E-state index in [0.29, 0.717) is 36.7 Å². The minimum Gasteiger partial charge on any atom is -0.352 e. The van der Waals surface area contributed by atoms with E-state index in [1.807, 2.05) is 6.07 Å². The molecule has 0 saturated heterocycles. The predicted octanol–water partition coefficient (Wildman–Crippen LogP) is 2.95. The summed E-state index contributed by atoms with van der Waals surface area (Å²) in [5.41, 5.74) is 2.23. The zero-order valence-corrected chi connectivity index (χ0v) is 15.7. The Hall–Kier alpha value is -1.56. The quantitative estimate of drug-likeness (QED) is 0.782. The third kappa shape index (κ3) is 4.50. The van der Waals surface area contributed by atoms with Crippen LogP contribution in [-0.4, -0.2) is 33.7 Å². The molecule has 24 heavy (non-hydrogen) atoms. The number of hydrogen-bond acceptors (Lipinski definition) is 3. The highest BCUT2D eigenvalue weighted by Gasteiger charge is 2.26. The smallest absolute Gasteiger partial charge is 0.251 e. The average Bonchev–Trinajstić information content (AvgIpc) is 2.98. The number of fused-ring (bicyclic) bond motifs is 1. The van der Waals surface area contributed by atoms with Crippen molar-refractivity contribution in [2.75, 3.05) is 23.7 Å². The van der Waals surface area contributed by atoms with Crippen molar-refractivity contribution in [2.45, 2.75) is 46.0 Å². The van der Waals surface area contributed by atoms with Gasteiger partial charge in [0, 0.05) is 18.7 Å². The molecule has 1 heterocycles. The van der Waals surface area contributed by atoms with E-state index in [4.69, 9.17) is 0 Å². The van der Waals surface area contributed by atoms with Gasteiger partial charge in [0.25, 0.3) is 5.91 Å². The lowest BCUT2D eigenvalue weighted by molar-refractivity contribution is 0.0945. The van der Waals surface area contributed by atoms with Gasteiger partial charge in [-0.15, -0.1) is 0 Å². The first-order valence-corrected chi connectivity index (χ1v) is 10.6. The second-order valence-corrected chi connectivity index (χ2v) is 8.46. The van der Waals surface area contributed by atoms with Gasteiger partial charge in [-0.25, -0.2) is 8.42 Å². The minimum atomic E-state index is -3.25. The molecule has 0 spiro atoms. The molecule has 1 atom stereocenters. The maximum absolute atomic E-state index is 12.4. The lowest BCUT2D eigenvalue weighted by Crippen LogP contribution is -2.29. The van der Waals surface area contributed by atoms with Crippen LogP contribution in [-0.2, 0) is 16.4 Å². The van der Waals surface area contributed by atoms with Gasteiger partial charge in [0.15, 0.2) is 0 Å². The third-order valence-corrected chi connectivity index (χ3v) is 5.87. The molecule has 0 saturated carbocycles. The molecule has 1 aromatic rings. The Morgan fingerprint density at radius 1 is 1.33 bits per heavy atom. The van der Waals surface area contributed by atoms with Crippen molar-refractivity contribution in [1.82, 2.24) is 5.32 Å². The standard InChI is InChI=1S/C18H28N2O3S/c1-4-6-7-14(5-2)13-19-18(21)16-8-9-17-15(12-16)10-11-20(17)24(3,22)23/h8-9,12,14H,4-7,10-11,13H2,1-3H3,(H,19,21). The van der Waals surface area contributed by atoms with Crippen LogP contribution in [0.2, 0.25) is 0 Å². The van der Waals surface area contributed by atoms with Crippen LogP contribution >= 0.6 is 0 Å². The van der Waals surface area contributed by atoms with Crippen molar-refractivity contribution in [3.05, 3.63) is 29.3 Å². The highest BCUT2D eigenvalue weighted by atomic mass is 32.2. The van der Waals surface area contributed by atoms with Gasteiger partial charge in [-0.2, -0.15) is 0 Å². The van der Waals surface area contributed by atoms with Crippen LogP contribution in [0.25, 0.3) is 0 Å². The van der Waals surface area contributed by atoms with E-state index in [-0.39, 0.29) is 5.91 Å². The molecule has 1 aromatic carbocycles. The molecule has 134 valence electrons. The van der Waals surface area contributed by atoms with Crippen LogP contribution < -0.4 is 9.62 Å². The van der Waals surface area contributed by atoms with E-state index in [2.05, 4.69) is 19.2 Å². The van der Waals surface area contributed by atoms with Crippen molar-refractivity contribution in [1.29, 1.82) is 0 Å². The van der Waals surface area contributed by atoms with Gasteiger partial charge >= 0.3 is 0 Å². The fraction of sp³-hybridized carbons (Fsp3) is 0.611. The van der Waals surface area contributed by atoms with Crippen LogP contribution in [0.15, 0.2) is 18.2 Å². The zero-order chi connectivity index (χ0) is 17.7. The number of carbonyl (C=O) groups excluding carboxylic acids is 1. The Bertz CT molecular complexity index is 686. The molecule has 1 N–H and O–H groups in total.